The second kappa shape index (κ2) is 4.80. The van der Waals surface area contributed by atoms with Gasteiger partial charge in [0.1, 0.15) is 0 Å². The molecule has 1 aliphatic rings. The highest BCUT2D eigenvalue weighted by Crippen LogP contribution is 2.32. The lowest BCUT2D eigenvalue weighted by molar-refractivity contribution is 1.10. The van der Waals surface area contributed by atoms with Crippen molar-refractivity contribution in [2.45, 2.75) is 11.0 Å². The van der Waals surface area contributed by atoms with Crippen molar-refractivity contribution in [1.29, 1.82) is 0 Å². The summed E-state index contributed by atoms with van der Waals surface area (Å²) < 4.78 is 0.897. The second-order valence-corrected chi connectivity index (χ2v) is 5.81. The van der Waals surface area contributed by atoms with Gasteiger partial charge in [0, 0.05) is 5.75 Å². The fraction of sp³-hybridized carbons (Fsp3) is 1.00. The summed E-state index contributed by atoms with van der Waals surface area (Å²) in [6.07, 6.45) is 3.61. The van der Waals surface area contributed by atoms with Crippen LogP contribution in [-0.4, -0.2) is 28.1 Å². The van der Waals surface area contributed by atoms with Gasteiger partial charge < -0.3 is 0 Å². The van der Waals surface area contributed by atoms with Gasteiger partial charge in [-0.2, -0.15) is 11.8 Å². The molecular weight excluding hydrogens is 168 g/mol. The van der Waals surface area contributed by atoms with Crippen LogP contribution in [0.25, 0.3) is 0 Å². The molecule has 0 atom stereocenters. The van der Waals surface area contributed by atoms with Crippen molar-refractivity contribution in [2.75, 3.05) is 23.5 Å². The Balaban J connectivity index is 2.08. The van der Waals surface area contributed by atoms with Crippen LogP contribution in [0.5, 0.6) is 0 Å². The molecule has 0 aromatic heterocycles. The third kappa shape index (κ3) is 3.10. The standard InChI is InChI=1S/C6H12S3/c1-7-5-6-8-3-2-4-9-6/h6H,2-5H2,1H3. The van der Waals surface area contributed by atoms with Crippen LogP contribution in [0.4, 0.5) is 0 Å². The molecule has 54 valence electrons. The quantitative estimate of drug-likeness (QED) is 0.641. The highest BCUT2D eigenvalue weighted by atomic mass is 32.2. The maximum Gasteiger partial charge on any atom is 0.0592 e. The summed E-state index contributed by atoms with van der Waals surface area (Å²) in [7, 11) is 0. The molecule has 0 N–H and O–H groups in total. The second-order valence-electron chi connectivity index (χ2n) is 1.98. The van der Waals surface area contributed by atoms with Crippen LogP contribution in [0.2, 0.25) is 0 Å². The van der Waals surface area contributed by atoms with Crippen molar-refractivity contribution in [1.82, 2.24) is 0 Å². The van der Waals surface area contributed by atoms with E-state index in [0.717, 1.165) is 4.58 Å². The highest BCUT2D eigenvalue weighted by molar-refractivity contribution is 8.18. The number of thioether (sulfide) groups is 3. The molecule has 0 bridgehead atoms. The summed E-state index contributed by atoms with van der Waals surface area (Å²) in [4.78, 5) is 0. The lowest BCUT2D eigenvalue weighted by Crippen LogP contribution is -2.08. The first-order valence-electron chi connectivity index (χ1n) is 3.15. The van der Waals surface area contributed by atoms with Crippen molar-refractivity contribution in [3.05, 3.63) is 0 Å². The van der Waals surface area contributed by atoms with E-state index in [1.165, 1.54) is 23.7 Å². The predicted octanol–water partition coefficient (Wildman–Crippen LogP) is 2.55. The molecule has 1 rings (SSSR count). The van der Waals surface area contributed by atoms with Gasteiger partial charge in [0.2, 0.25) is 0 Å². The SMILES string of the molecule is CSCC1SCCCS1. The van der Waals surface area contributed by atoms with Crippen LogP contribution in [0.3, 0.4) is 0 Å². The van der Waals surface area contributed by atoms with Crippen molar-refractivity contribution >= 4 is 35.3 Å². The minimum atomic E-state index is 0.897. The number of hydrogen-bond donors (Lipinski definition) is 0. The molecule has 0 radical (unpaired) electrons. The molecule has 0 aliphatic carbocycles. The monoisotopic (exact) mass is 180 g/mol. The van der Waals surface area contributed by atoms with Crippen LogP contribution in [-0.2, 0) is 0 Å². The zero-order valence-electron chi connectivity index (χ0n) is 5.63. The summed E-state index contributed by atoms with van der Waals surface area (Å²) >= 11 is 6.23. The van der Waals surface area contributed by atoms with Gasteiger partial charge in [-0.3, -0.25) is 0 Å². The largest absolute Gasteiger partial charge is 0.163 e. The smallest absolute Gasteiger partial charge is 0.0592 e. The normalized spacial score (nSPS) is 22.3. The topological polar surface area (TPSA) is 0 Å². The van der Waals surface area contributed by atoms with Crippen molar-refractivity contribution < 1.29 is 0 Å². The maximum absolute atomic E-state index is 2.19. The number of hydrogen-bond acceptors (Lipinski definition) is 3. The first-order chi connectivity index (χ1) is 4.43. The Hall–Kier alpha value is 1.05. The third-order valence-electron chi connectivity index (χ3n) is 1.20. The first-order valence-corrected chi connectivity index (χ1v) is 6.65. The fourth-order valence-corrected chi connectivity index (χ4v) is 4.92. The van der Waals surface area contributed by atoms with Gasteiger partial charge >= 0.3 is 0 Å². The molecule has 0 aromatic carbocycles. The molecule has 9 heavy (non-hydrogen) atoms. The lowest BCUT2D eigenvalue weighted by Gasteiger charge is -2.19. The average molecular weight is 180 g/mol. The van der Waals surface area contributed by atoms with E-state index in [1.54, 1.807) is 0 Å². The van der Waals surface area contributed by atoms with E-state index in [-0.39, 0.29) is 0 Å². The Bertz CT molecular complexity index is 65.9. The highest BCUT2D eigenvalue weighted by Gasteiger charge is 2.12. The minimum Gasteiger partial charge on any atom is -0.163 e. The van der Waals surface area contributed by atoms with E-state index in [9.17, 15) is 0 Å². The molecule has 0 nitrogen and oxygen atoms in total. The van der Waals surface area contributed by atoms with Crippen molar-refractivity contribution in [3.63, 3.8) is 0 Å². The van der Waals surface area contributed by atoms with E-state index in [1.807, 2.05) is 11.8 Å². The van der Waals surface area contributed by atoms with E-state index in [2.05, 4.69) is 29.8 Å². The summed E-state index contributed by atoms with van der Waals surface area (Å²) in [5.74, 6) is 4.10. The molecule has 0 unspecified atom stereocenters. The van der Waals surface area contributed by atoms with Gasteiger partial charge in [0.15, 0.2) is 0 Å². The van der Waals surface area contributed by atoms with Gasteiger partial charge in [0.25, 0.3) is 0 Å². The van der Waals surface area contributed by atoms with Crippen LogP contribution in [0.1, 0.15) is 6.42 Å². The summed E-state index contributed by atoms with van der Waals surface area (Å²) in [5.41, 5.74) is 0. The summed E-state index contributed by atoms with van der Waals surface area (Å²) in [6.45, 7) is 0. The minimum absolute atomic E-state index is 0.897. The van der Waals surface area contributed by atoms with Crippen molar-refractivity contribution in [2.24, 2.45) is 0 Å². The first kappa shape index (κ1) is 8.15. The predicted molar refractivity (Wildman–Crippen MR) is 51.7 cm³/mol. The Morgan fingerprint density at radius 1 is 1.44 bits per heavy atom. The Morgan fingerprint density at radius 2 is 2.11 bits per heavy atom. The fourth-order valence-electron chi connectivity index (χ4n) is 0.769. The van der Waals surface area contributed by atoms with E-state index in [0.29, 0.717) is 0 Å². The molecule has 0 saturated carbocycles. The summed E-state index contributed by atoms with van der Waals surface area (Å²) in [5, 5.41) is 0. The zero-order chi connectivity index (χ0) is 6.53. The van der Waals surface area contributed by atoms with Gasteiger partial charge in [-0.1, -0.05) is 0 Å². The van der Waals surface area contributed by atoms with Gasteiger partial charge in [-0.15, -0.1) is 23.5 Å². The number of rotatable bonds is 2. The molecule has 1 saturated heterocycles. The van der Waals surface area contributed by atoms with Crippen LogP contribution < -0.4 is 0 Å². The summed E-state index contributed by atoms with van der Waals surface area (Å²) in [6, 6.07) is 0. The molecule has 3 heteroatoms. The molecule has 1 heterocycles. The Kier molecular flexibility index (Phi) is 4.35. The van der Waals surface area contributed by atoms with E-state index in [4.69, 9.17) is 0 Å². The molecule has 0 aromatic rings. The van der Waals surface area contributed by atoms with Crippen LogP contribution in [0.15, 0.2) is 0 Å². The Morgan fingerprint density at radius 3 is 2.67 bits per heavy atom. The zero-order valence-corrected chi connectivity index (χ0v) is 8.08. The van der Waals surface area contributed by atoms with Gasteiger partial charge in [-0.25, -0.2) is 0 Å². The lowest BCUT2D eigenvalue weighted by atomic mass is 10.6. The van der Waals surface area contributed by atoms with E-state index >= 15 is 0 Å². The van der Waals surface area contributed by atoms with Crippen LogP contribution >= 0.6 is 35.3 Å². The Labute approximate surface area is 69.9 Å². The molecular formula is C6H12S3. The van der Waals surface area contributed by atoms with Gasteiger partial charge in [-0.05, 0) is 24.2 Å². The third-order valence-corrected chi connectivity index (χ3v) is 5.23. The van der Waals surface area contributed by atoms with E-state index < -0.39 is 0 Å². The van der Waals surface area contributed by atoms with Crippen molar-refractivity contribution in [3.8, 4) is 0 Å². The average Bonchev–Trinajstić information content (AvgIpc) is 1.91. The van der Waals surface area contributed by atoms with Crippen LogP contribution in [0, 0.1) is 0 Å². The molecule has 1 aliphatic heterocycles. The molecule has 0 spiro atoms. The van der Waals surface area contributed by atoms with Gasteiger partial charge in [0.05, 0.1) is 4.58 Å². The maximum atomic E-state index is 2.19. The molecule has 0 amide bonds. The molecule has 1 fully saturated rings.